The number of carbonyl (C=O) groups is 1. The van der Waals surface area contributed by atoms with Crippen molar-refractivity contribution in [2.45, 2.75) is 13.8 Å². The summed E-state index contributed by atoms with van der Waals surface area (Å²) in [5.41, 5.74) is 4.40. The van der Waals surface area contributed by atoms with Crippen LogP contribution in [0.1, 0.15) is 21.5 Å². The smallest absolute Gasteiger partial charge is 0.261 e. The molecule has 0 fully saturated rings. The molecule has 0 aliphatic rings. The predicted octanol–water partition coefficient (Wildman–Crippen LogP) is 4.53. The fourth-order valence-electron chi connectivity index (χ4n) is 3.23. The molecule has 0 saturated heterocycles. The first kappa shape index (κ1) is 16.8. The van der Waals surface area contributed by atoms with Gasteiger partial charge in [-0.15, -0.1) is 0 Å². The third-order valence-electron chi connectivity index (χ3n) is 4.32. The molecule has 4 aromatic rings. The van der Waals surface area contributed by atoms with Crippen molar-refractivity contribution in [1.29, 1.82) is 0 Å². The van der Waals surface area contributed by atoms with E-state index in [1.165, 1.54) is 0 Å². The molecule has 0 unspecified atom stereocenters. The molecule has 2 aromatic carbocycles. The van der Waals surface area contributed by atoms with Crippen LogP contribution in [-0.4, -0.2) is 20.3 Å². The predicted molar refractivity (Wildman–Crippen MR) is 107 cm³/mol. The highest BCUT2D eigenvalue weighted by molar-refractivity contribution is 6.06. The molecular weight excluding hydrogens is 336 g/mol. The van der Waals surface area contributed by atoms with E-state index in [9.17, 15) is 4.79 Å². The molecule has 0 spiro atoms. The second kappa shape index (κ2) is 6.96. The first-order valence-corrected chi connectivity index (χ1v) is 8.78. The normalized spacial score (nSPS) is 10.7. The van der Waals surface area contributed by atoms with Crippen LogP contribution in [0.25, 0.3) is 11.5 Å². The second-order valence-corrected chi connectivity index (χ2v) is 6.55. The minimum Gasteiger partial charge on any atom is -0.322 e. The van der Waals surface area contributed by atoms with Gasteiger partial charge in [-0.2, -0.15) is 5.10 Å². The highest BCUT2D eigenvalue weighted by Gasteiger charge is 2.20. The molecule has 0 aliphatic carbocycles. The van der Waals surface area contributed by atoms with Crippen LogP contribution < -0.4 is 5.32 Å². The van der Waals surface area contributed by atoms with Crippen LogP contribution in [0.5, 0.6) is 0 Å². The van der Waals surface area contributed by atoms with E-state index in [0.717, 1.165) is 22.5 Å². The molecule has 2 aromatic heterocycles. The van der Waals surface area contributed by atoms with Gasteiger partial charge in [0, 0.05) is 18.1 Å². The van der Waals surface area contributed by atoms with Crippen molar-refractivity contribution >= 4 is 11.6 Å². The van der Waals surface area contributed by atoms with Gasteiger partial charge in [-0.1, -0.05) is 24.3 Å². The lowest BCUT2D eigenvalue weighted by atomic mass is 10.1. The number of nitrogens with zero attached hydrogens (tertiary/aromatic N) is 3. The van der Waals surface area contributed by atoms with Crippen LogP contribution in [0, 0.1) is 13.8 Å². The number of para-hydroxylation sites is 1. The zero-order chi connectivity index (χ0) is 18.8. The maximum Gasteiger partial charge on any atom is 0.261 e. The molecule has 1 N–H and O–H groups in total. The summed E-state index contributed by atoms with van der Waals surface area (Å²) in [4.78, 5) is 13.0. The third-order valence-corrected chi connectivity index (χ3v) is 4.32. The first-order valence-electron chi connectivity index (χ1n) is 8.78. The van der Waals surface area contributed by atoms with Gasteiger partial charge in [0.25, 0.3) is 5.91 Å². The van der Waals surface area contributed by atoms with Crippen molar-refractivity contribution in [2.75, 3.05) is 5.32 Å². The van der Waals surface area contributed by atoms with Crippen molar-refractivity contribution in [3.05, 3.63) is 95.9 Å². The Balaban J connectivity index is 1.76. The molecule has 0 radical (unpaired) electrons. The first-order chi connectivity index (χ1) is 13.1. The quantitative estimate of drug-likeness (QED) is 0.584. The fourth-order valence-corrected chi connectivity index (χ4v) is 3.23. The molecule has 2 heterocycles. The van der Waals surface area contributed by atoms with Gasteiger partial charge < -0.3 is 9.88 Å². The van der Waals surface area contributed by atoms with Gasteiger partial charge in [0.05, 0.1) is 11.9 Å². The summed E-state index contributed by atoms with van der Waals surface area (Å²) in [5.74, 6) is 0.513. The average Bonchev–Trinajstić information content (AvgIpc) is 3.31. The largest absolute Gasteiger partial charge is 0.322 e. The van der Waals surface area contributed by atoms with Gasteiger partial charge in [-0.25, -0.2) is 4.68 Å². The van der Waals surface area contributed by atoms with Crippen LogP contribution in [0.15, 0.2) is 79.3 Å². The van der Waals surface area contributed by atoms with Crippen LogP contribution >= 0.6 is 0 Å². The maximum atomic E-state index is 13.0. The summed E-state index contributed by atoms with van der Waals surface area (Å²) in [7, 11) is 0. The van der Waals surface area contributed by atoms with Crippen molar-refractivity contribution in [3.8, 4) is 11.5 Å². The third kappa shape index (κ3) is 3.40. The molecule has 0 aliphatic heterocycles. The van der Waals surface area contributed by atoms with Gasteiger partial charge >= 0.3 is 0 Å². The number of benzene rings is 2. The summed E-state index contributed by atoms with van der Waals surface area (Å²) < 4.78 is 3.67. The molecule has 134 valence electrons. The summed E-state index contributed by atoms with van der Waals surface area (Å²) in [6.07, 6.45) is 5.43. The number of hydrogen-bond donors (Lipinski definition) is 1. The zero-order valence-electron chi connectivity index (χ0n) is 15.3. The van der Waals surface area contributed by atoms with E-state index in [1.807, 2.05) is 85.4 Å². The Kier molecular flexibility index (Phi) is 4.34. The van der Waals surface area contributed by atoms with E-state index in [4.69, 9.17) is 0 Å². The second-order valence-electron chi connectivity index (χ2n) is 6.55. The molecule has 0 atom stereocenters. The highest BCUT2D eigenvalue weighted by atomic mass is 16.1. The Morgan fingerprint density at radius 1 is 0.926 bits per heavy atom. The topological polar surface area (TPSA) is 51.9 Å². The lowest BCUT2D eigenvalue weighted by Crippen LogP contribution is -2.15. The maximum absolute atomic E-state index is 13.0. The number of nitrogens with one attached hydrogen (secondary N) is 1. The standard InChI is InChI=1S/C22H20N4O/c1-16-12-17(2)14-18(13-16)24-21(27)20-15-23-26(19-8-4-3-5-9-19)22(20)25-10-6-7-11-25/h3-15H,1-2H3,(H,24,27). The van der Waals surface area contributed by atoms with Crippen molar-refractivity contribution in [1.82, 2.24) is 14.3 Å². The number of aryl methyl sites for hydroxylation is 2. The van der Waals surface area contributed by atoms with E-state index in [1.54, 1.807) is 10.9 Å². The van der Waals surface area contributed by atoms with E-state index >= 15 is 0 Å². The lowest BCUT2D eigenvalue weighted by Gasteiger charge is -2.12. The molecule has 5 nitrogen and oxygen atoms in total. The minimum absolute atomic E-state index is 0.189. The molecule has 27 heavy (non-hydrogen) atoms. The number of rotatable bonds is 4. The van der Waals surface area contributed by atoms with Gasteiger partial charge in [0.15, 0.2) is 5.82 Å². The summed E-state index contributed by atoms with van der Waals surface area (Å²) in [6.45, 7) is 4.03. The Morgan fingerprint density at radius 3 is 2.26 bits per heavy atom. The fraction of sp³-hybridized carbons (Fsp3) is 0.0909. The van der Waals surface area contributed by atoms with Crippen molar-refractivity contribution in [3.63, 3.8) is 0 Å². The van der Waals surface area contributed by atoms with Crippen LogP contribution in [0.2, 0.25) is 0 Å². The van der Waals surface area contributed by atoms with Crippen LogP contribution in [0.4, 0.5) is 5.69 Å². The Bertz CT molecular complexity index is 1060. The zero-order valence-corrected chi connectivity index (χ0v) is 15.3. The van der Waals surface area contributed by atoms with Crippen LogP contribution in [-0.2, 0) is 0 Å². The SMILES string of the molecule is Cc1cc(C)cc(NC(=O)c2cnn(-c3ccccc3)c2-n2cccc2)c1. The molecule has 4 rings (SSSR count). The molecule has 0 saturated carbocycles. The monoisotopic (exact) mass is 356 g/mol. The minimum atomic E-state index is -0.189. The molecular formula is C22H20N4O. The van der Waals surface area contributed by atoms with Gasteiger partial charge in [0.2, 0.25) is 0 Å². The van der Waals surface area contributed by atoms with Gasteiger partial charge in [-0.05, 0) is 61.4 Å². The number of aromatic nitrogens is 3. The van der Waals surface area contributed by atoms with Crippen molar-refractivity contribution < 1.29 is 4.79 Å². The van der Waals surface area contributed by atoms with Crippen LogP contribution in [0.3, 0.4) is 0 Å². The number of hydrogen-bond acceptors (Lipinski definition) is 2. The van der Waals surface area contributed by atoms with Crippen molar-refractivity contribution in [2.24, 2.45) is 0 Å². The van der Waals surface area contributed by atoms with E-state index in [-0.39, 0.29) is 5.91 Å². The van der Waals surface area contributed by atoms with E-state index in [2.05, 4.69) is 16.5 Å². The Morgan fingerprint density at radius 2 is 1.59 bits per heavy atom. The summed E-state index contributed by atoms with van der Waals surface area (Å²) in [6, 6.07) is 19.6. The highest BCUT2D eigenvalue weighted by Crippen LogP contribution is 2.22. The Hall–Kier alpha value is -3.60. The summed E-state index contributed by atoms with van der Waals surface area (Å²) in [5, 5.41) is 7.48. The molecule has 0 bridgehead atoms. The molecule has 5 heteroatoms. The average molecular weight is 356 g/mol. The number of anilines is 1. The number of amides is 1. The van der Waals surface area contributed by atoms with E-state index in [0.29, 0.717) is 11.4 Å². The summed E-state index contributed by atoms with van der Waals surface area (Å²) >= 11 is 0. The van der Waals surface area contributed by atoms with Gasteiger partial charge in [-0.3, -0.25) is 4.79 Å². The lowest BCUT2D eigenvalue weighted by molar-refractivity contribution is 0.102. The molecule has 1 amide bonds. The number of carbonyl (C=O) groups excluding carboxylic acids is 1. The van der Waals surface area contributed by atoms with Gasteiger partial charge in [0.1, 0.15) is 5.56 Å². The van der Waals surface area contributed by atoms with E-state index < -0.39 is 0 Å². The Labute approximate surface area is 157 Å².